The minimum absolute atomic E-state index is 0.114. The number of esters is 1. The predicted octanol–water partition coefficient (Wildman–Crippen LogP) is 3.43. The molecule has 2 aromatic rings. The molecule has 5 nitrogen and oxygen atoms in total. The number of amides is 1. The van der Waals surface area contributed by atoms with Crippen LogP contribution in [0.1, 0.15) is 10.4 Å². The summed E-state index contributed by atoms with van der Waals surface area (Å²) in [6.07, 6.45) is 0. The highest BCUT2D eigenvalue weighted by Gasteiger charge is 2.40. The normalized spacial score (nSPS) is 16.1. The van der Waals surface area contributed by atoms with Crippen LogP contribution in [0, 0.1) is 5.92 Å². The van der Waals surface area contributed by atoms with Gasteiger partial charge in [0, 0.05) is 21.2 Å². The van der Waals surface area contributed by atoms with Crippen LogP contribution in [0.15, 0.2) is 53.4 Å². The number of fused-ring (bicyclic) bond motifs is 1. The molecule has 0 bridgehead atoms. The number of carbonyl (C=O) groups excluding carboxylic acids is 3. The first-order valence-corrected chi connectivity index (χ1v) is 8.92. The highest BCUT2D eigenvalue weighted by Crippen LogP contribution is 2.29. The Bertz CT molecular complexity index is 825. The molecule has 1 aliphatic heterocycles. The number of rotatable bonds is 5. The zero-order valence-electron chi connectivity index (χ0n) is 13.0. The molecule has 0 aromatic heterocycles. The first-order valence-electron chi connectivity index (χ1n) is 7.55. The largest absolute Gasteiger partial charge is 0.464 e. The monoisotopic (exact) mass is 375 g/mol. The lowest BCUT2D eigenvalue weighted by atomic mass is 9.92. The molecular weight excluding hydrogens is 362 g/mol. The van der Waals surface area contributed by atoms with Crippen LogP contribution in [-0.4, -0.2) is 30.0 Å². The Morgan fingerprint density at radius 3 is 2.68 bits per heavy atom. The van der Waals surface area contributed by atoms with E-state index >= 15 is 0 Å². The van der Waals surface area contributed by atoms with Crippen LogP contribution in [0.5, 0.6) is 0 Å². The van der Waals surface area contributed by atoms with Gasteiger partial charge in [-0.25, -0.2) is 0 Å². The van der Waals surface area contributed by atoms with Crippen molar-refractivity contribution >= 4 is 46.7 Å². The minimum atomic E-state index is -1.48. The second kappa shape index (κ2) is 7.72. The Kier molecular flexibility index (Phi) is 5.40. The molecular formula is C18H14ClNO4S. The highest BCUT2D eigenvalue weighted by atomic mass is 35.5. The number of Topliss-reactive ketones (excluding diaryl/α,β-unsaturated/α-hetero) is 1. The third-order valence-electron chi connectivity index (χ3n) is 3.60. The van der Waals surface area contributed by atoms with Crippen molar-refractivity contribution in [2.75, 3.05) is 17.7 Å². The number of ether oxygens (including phenoxy) is 1. The van der Waals surface area contributed by atoms with Gasteiger partial charge in [-0.2, -0.15) is 0 Å². The van der Waals surface area contributed by atoms with E-state index in [1.54, 1.807) is 0 Å². The lowest BCUT2D eigenvalue weighted by molar-refractivity contribution is -0.148. The van der Waals surface area contributed by atoms with Crippen LogP contribution in [0.25, 0.3) is 0 Å². The third-order valence-corrected chi connectivity index (χ3v) is 4.82. The van der Waals surface area contributed by atoms with E-state index in [-0.39, 0.29) is 12.2 Å². The van der Waals surface area contributed by atoms with Crippen molar-refractivity contribution < 1.29 is 19.1 Å². The van der Waals surface area contributed by atoms with Gasteiger partial charge in [0.05, 0.1) is 5.69 Å². The molecule has 1 unspecified atom stereocenters. The summed E-state index contributed by atoms with van der Waals surface area (Å²) >= 11 is 7.37. The topological polar surface area (TPSA) is 72.5 Å². The Labute approximate surface area is 153 Å². The maximum absolute atomic E-state index is 12.4. The molecule has 1 N–H and O–H groups in total. The molecule has 0 fully saturated rings. The number of hydrogen-bond donors (Lipinski definition) is 1. The van der Waals surface area contributed by atoms with Gasteiger partial charge in [0.2, 0.25) is 5.91 Å². The van der Waals surface area contributed by atoms with Crippen molar-refractivity contribution in [1.82, 2.24) is 0 Å². The van der Waals surface area contributed by atoms with E-state index < -0.39 is 23.6 Å². The number of hydrogen-bond acceptors (Lipinski definition) is 5. The molecule has 2 aromatic carbocycles. The quantitative estimate of drug-likeness (QED) is 0.375. The van der Waals surface area contributed by atoms with Gasteiger partial charge in [0.15, 0.2) is 11.7 Å². The Hall–Kier alpha value is -2.31. The molecule has 0 aliphatic carbocycles. The standard InChI is InChI=1S/C18H14ClNO4S/c19-11-6-7-13-14(10-11)20-17(22)15(16(13)21)18(23)24-8-9-25-12-4-2-1-3-5-12/h1-7,10,15H,8-9H2,(H,20,22). The van der Waals surface area contributed by atoms with E-state index in [1.165, 1.54) is 30.0 Å². The van der Waals surface area contributed by atoms with Crippen molar-refractivity contribution in [2.24, 2.45) is 5.92 Å². The molecule has 3 rings (SSSR count). The van der Waals surface area contributed by atoms with Crippen LogP contribution in [0.4, 0.5) is 5.69 Å². The zero-order chi connectivity index (χ0) is 17.8. The lowest BCUT2D eigenvalue weighted by Crippen LogP contribution is -2.41. The maximum atomic E-state index is 12.4. The molecule has 0 saturated heterocycles. The Morgan fingerprint density at radius 1 is 1.16 bits per heavy atom. The molecule has 1 atom stereocenters. The Morgan fingerprint density at radius 2 is 1.92 bits per heavy atom. The lowest BCUT2D eigenvalue weighted by Gasteiger charge is -2.22. The van der Waals surface area contributed by atoms with Crippen molar-refractivity contribution in [2.45, 2.75) is 4.90 Å². The van der Waals surface area contributed by atoms with E-state index in [9.17, 15) is 14.4 Å². The van der Waals surface area contributed by atoms with Gasteiger partial charge in [0.25, 0.3) is 0 Å². The molecule has 25 heavy (non-hydrogen) atoms. The second-order valence-electron chi connectivity index (χ2n) is 5.31. The first-order chi connectivity index (χ1) is 12.1. The number of nitrogens with one attached hydrogen (secondary N) is 1. The van der Waals surface area contributed by atoms with Gasteiger partial charge in [-0.3, -0.25) is 14.4 Å². The summed E-state index contributed by atoms with van der Waals surface area (Å²) in [6, 6.07) is 14.2. The fourth-order valence-electron chi connectivity index (χ4n) is 2.43. The van der Waals surface area contributed by atoms with Gasteiger partial charge < -0.3 is 10.1 Å². The van der Waals surface area contributed by atoms with Gasteiger partial charge in [0.1, 0.15) is 6.61 Å². The molecule has 1 amide bonds. The third kappa shape index (κ3) is 4.03. The fraction of sp³-hybridized carbons (Fsp3) is 0.167. The second-order valence-corrected chi connectivity index (χ2v) is 6.91. The number of anilines is 1. The molecule has 0 radical (unpaired) electrons. The highest BCUT2D eigenvalue weighted by molar-refractivity contribution is 7.99. The van der Waals surface area contributed by atoms with Crippen LogP contribution in [-0.2, 0) is 14.3 Å². The van der Waals surface area contributed by atoms with Crippen LogP contribution in [0.2, 0.25) is 5.02 Å². The van der Waals surface area contributed by atoms with Gasteiger partial charge in [-0.1, -0.05) is 29.8 Å². The first kappa shape index (κ1) is 17.5. The zero-order valence-corrected chi connectivity index (χ0v) is 14.6. The number of halogens is 1. The summed E-state index contributed by atoms with van der Waals surface area (Å²) in [5.74, 6) is -3.05. The summed E-state index contributed by atoms with van der Waals surface area (Å²) in [4.78, 5) is 37.7. The van der Waals surface area contributed by atoms with E-state index in [0.29, 0.717) is 16.5 Å². The maximum Gasteiger partial charge on any atom is 0.326 e. The van der Waals surface area contributed by atoms with Gasteiger partial charge >= 0.3 is 5.97 Å². The average molecular weight is 376 g/mol. The van der Waals surface area contributed by atoms with Gasteiger partial charge in [-0.15, -0.1) is 11.8 Å². The van der Waals surface area contributed by atoms with E-state index in [2.05, 4.69) is 5.32 Å². The van der Waals surface area contributed by atoms with E-state index in [1.807, 2.05) is 30.3 Å². The van der Waals surface area contributed by atoms with Crippen molar-refractivity contribution in [1.29, 1.82) is 0 Å². The molecule has 1 aliphatic rings. The summed E-state index contributed by atoms with van der Waals surface area (Å²) in [5.41, 5.74) is 0.566. The average Bonchev–Trinajstić information content (AvgIpc) is 2.59. The Balaban J connectivity index is 1.59. The van der Waals surface area contributed by atoms with Gasteiger partial charge in [-0.05, 0) is 30.3 Å². The van der Waals surface area contributed by atoms with Crippen LogP contribution < -0.4 is 5.32 Å². The van der Waals surface area contributed by atoms with Crippen LogP contribution >= 0.6 is 23.4 Å². The SMILES string of the molecule is O=C1Nc2cc(Cl)ccc2C(=O)C1C(=O)OCCSc1ccccc1. The molecule has 0 spiro atoms. The van der Waals surface area contributed by atoms with Crippen molar-refractivity contribution in [3.05, 3.63) is 59.1 Å². The molecule has 7 heteroatoms. The number of thioether (sulfide) groups is 1. The van der Waals surface area contributed by atoms with E-state index in [0.717, 1.165) is 4.90 Å². The fourth-order valence-corrected chi connectivity index (χ4v) is 3.35. The van der Waals surface area contributed by atoms with Crippen molar-refractivity contribution in [3.63, 3.8) is 0 Å². The smallest absolute Gasteiger partial charge is 0.326 e. The molecule has 1 heterocycles. The number of carbonyl (C=O) groups is 3. The summed E-state index contributed by atoms with van der Waals surface area (Å²) in [7, 11) is 0. The predicted molar refractivity (Wildman–Crippen MR) is 96.0 cm³/mol. The van der Waals surface area contributed by atoms with Crippen molar-refractivity contribution in [3.8, 4) is 0 Å². The molecule has 0 saturated carbocycles. The minimum Gasteiger partial charge on any atom is -0.464 e. The number of ketones is 1. The molecule has 128 valence electrons. The summed E-state index contributed by atoms with van der Waals surface area (Å²) < 4.78 is 5.12. The summed E-state index contributed by atoms with van der Waals surface area (Å²) in [6.45, 7) is 0.114. The number of benzene rings is 2. The van der Waals surface area contributed by atoms with E-state index in [4.69, 9.17) is 16.3 Å². The van der Waals surface area contributed by atoms with Crippen LogP contribution in [0.3, 0.4) is 0 Å². The summed E-state index contributed by atoms with van der Waals surface area (Å²) in [5, 5.41) is 2.92.